The number of phenols is 1. The molecule has 4 rings (SSSR count). The number of carboxylic acid groups (broad SMARTS) is 1. The molecule has 0 spiro atoms. The minimum absolute atomic E-state index is 0.101. The largest absolute Gasteiger partial charge is 0.507 e. The van der Waals surface area contributed by atoms with Gasteiger partial charge in [0.2, 0.25) is 0 Å². The van der Waals surface area contributed by atoms with Gasteiger partial charge in [-0.1, -0.05) is 24.3 Å². The fourth-order valence-corrected chi connectivity index (χ4v) is 4.57. The number of hydrogen-bond acceptors (Lipinski definition) is 6. The van der Waals surface area contributed by atoms with E-state index < -0.39 is 5.97 Å². The normalized spacial score (nSPS) is 14.8. The monoisotopic (exact) mass is 410 g/mol. The molecule has 2 aromatic carbocycles. The van der Waals surface area contributed by atoms with E-state index in [0.717, 1.165) is 65.1 Å². The van der Waals surface area contributed by atoms with Gasteiger partial charge in [-0.25, -0.2) is 9.78 Å². The van der Waals surface area contributed by atoms with Gasteiger partial charge in [0, 0.05) is 13.1 Å². The number of nitrogens with zero attached hydrogens (tertiary/aromatic N) is 2. The first-order valence-corrected chi connectivity index (χ1v) is 10.3. The van der Waals surface area contributed by atoms with Gasteiger partial charge >= 0.3 is 5.97 Å². The SMILES string of the molecule is Cc1nc(CN2CCOCC2)sc1-c1cccc(-c2ccc(C(=O)O)c(O)c2)c1. The van der Waals surface area contributed by atoms with Crippen molar-refractivity contribution in [3.05, 3.63) is 58.7 Å². The summed E-state index contributed by atoms with van der Waals surface area (Å²) in [6.45, 7) is 6.26. The first-order valence-electron chi connectivity index (χ1n) is 9.45. The third-order valence-corrected chi connectivity index (χ3v) is 6.18. The van der Waals surface area contributed by atoms with Crippen LogP contribution >= 0.6 is 11.3 Å². The number of aryl methyl sites for hydroxylation is 1. The molecule has 1 saturated heterocycles. The number of morpholine rings is 1. The van der Waals surface area contributed by atoms with Crippen LogP contribution in [0.3, 0.4) is 0 Å². The van der Waals surface area contributed by atoms with E-state index in [1.165, 1.54) is 12.1 Å². The lowest BCUT2D eigenvalue weighted by Gasteiger charge is -2.25. The molecule has 7 heteroatoms. The van der Waals surface area contributed by atoms with Crippen LogP contribution < -0.4 is 0 Å². The Labute approximate surface area is 173 Å². The molecular formula is C22H22N2O4S. The number of aromatic hydroxyl groups is 1. The van der Waals surface area contributed by atoms with Crippen LogP contribution in [0.2, 0.25) is 0 Å². The van der Waals surface area contributed by atoms with E-state index in [-0.39, 0.29) is 11.3 Å². The highest BCUT2D eigenvalue weighted by molar-refractivity contribution is 7.15. The first kappa shape index (κ1) is 19.6. The van der Waals surface area contributed by atoms with Crippen LogP contribution in [0.4, 0.5) is 0 Å². The predicted molar refractivity (Wildman–Crippen MR) is 112 cm³/mol. The van der Waals surface area contributed by atoms with Crippen LogP contribution in [-0.4, -0.2) is 52.4 Å². The maximum absolute atomic E-state index is 11.1. The van der Waals surface area contributed by atoms with E-state index in [2.05, 4.69) is 4.90 Å². The molecule has 6 nitrogen and oxygen atoms in total. The maximum atomic E-state index is 11.1. The summed E-state index contributed by atoms with van der Waals surface area (Å²) in [6.07, 6.45) is 0. The third kappa shape index (κ3) is 4.32. The van der Waals surface area contributed by atoms with Crippen LogP contribution in [0.5, 0.6) is 5.75 Å². The molecule has 1 aliphatic rings. The summed E-state index contributed by atoms with van der Waals surface area (Å²) in [7, 11) is 0. The van der Waals surface area contributed by atoms with Gasteiger partial charge < -0.3 is 14.9 Å². The fraction of sp³-hybridized carbons (Fsp3) is 0.273. The zero-order chi connectivity index (χ0) is 20.4. The Hall–Kier alpha value is -2.74. The van der Waals surface area contributed by atoms with Gasteiger partial charge in [-0.15, -0.1) is 11.3 Å². The highest BCUT2D eigenvalue weighted by Crippen LogP contribution is 2.34. The molecule has 0 radical (unpaired) electrons. The molecule has 2 N–H and O–H groups in total. The van der Waals surface area contributed by atoms with Gasteiger partial charge in [0.15, 0.2) is 0 Å². The lowest BCUT2D eigenvalue weighted by atomic mass is 10.0. The standard InChI is InChI=1S/C22H22N2O4S/c1-14-21(29-20(23-14)13-24-7-9-28-10-8-24)17-4-2-3-15(11-17)16-5-6-18(22(26)27)19(25)12-16/h2-6,11-12,25H,7-10,13H2,1H3,(H,26,27). The van der Waals surface area contributed by atoms with Crippen LogP contribution in [0.1, 0.15) is 21.1 Å². The van der Waals surface area contributed by atoms with Gasteiger partial charge in [0.25, 0.3) is 0 Å². The zero-order valence-corrected chi connectivity index (χ0v) is 16.9. The summed E-state index contributed by atoms with van der Waals surface area (Å²) >= 11 is 1.70. The molecule has 0 amide bonds. The Morgan fingerprint density at radius 1 is 1.14 bits per heavy atom. The molecule has 0 bridgehead atoms. The second-order valence-electron chi connectivity index (χ2n) is 7.03. The van der Waals surface area contributed by atoms with Crippen LogP contribution in [0.25, 0.3) is 21.6 Å². The van der Waals surface area contributed by atoms with Gasteiger partial charge in [0.05, 0.1) is 30.3 Å². The fourth-order valence-electron chi connectivity index (χ4n) is 3.47. The Balaban J connectivity index is 1.60. The molecule has 29 heavy (non-hydrogen) atoms. The second kappa shape index (κ2) is 8.32. The summed E-state index contributed by atoms with van der Waals surface area (Å²) in [5, 5.41) is 20.2. The van der Waals surface area contributed by atoms with Crippen LogP contribution in [0.15, 0.2) is 42.5 Å². The average molecular weight is 410 g/mol. The number of aromatic nitrogens is 1. The number of benzene rings is 2. The van der Waals surface area contributed by atoms with E-state index >= 15 is 0 Å². The van der Waals surface area contributed by atoms with Crippen molar-refractivity contribution in [3.8, 4) is 27.3 Å². The summed E-state index contributed by atoms with van der Waals surface area (Å²) in [5.74, 6) is -1.38. The molecular weight excluding hydrogens is 388 g/mol. The van der Waals surface area contributed by atoms with Crippen molar-refractivity contribution in [3.63, 3.8) is 0 Å². The maximum Gasteiger partial charge on any atom is 0.339 e. The molecule has 1 fully saturated rings. The van der Waals surface area contributed by atoms with Crippen molar-refractivity contribution in [1.29, 1.82) is 0 Å². The molecule has 3 aromatic rings. The summed E-state index contributed by atoms with van der Waals surface area (Å²) in [4.78, 5) is 19.4. The van der Waals surface area contributed by atoms with Gasteiger partial charge in [-0.3, -0.25) is 4.90 Å². The van der Waals surface area contributed by atoms with Gasteiger partial charge in [0.1, 0.15) is 16.3 Å². The highest BCUT2D eigenvalue weighted by atomic mass is 32.1. The van der Waals surface area contributed by atoms with E-state index in [0.29, 0.717) is 0 Å². The minimum atomic E-state index is -1.14. The number of carboxylic acids is 1. The molecule has 150 valence electrons. The number of aromatic carboxylic acids is 1. The molecule has 1 aliphatic heterocycles. The quantitative estimate of drug-likeness (QED) is 0.661. The first-order chi connectivity index (χ1) is 14.0. The van der Waals surface area contributed by atoms with E-state index in [4.69, 9.17) is 14.8 Å². The van der Waals surface area contributed by atoms with Crippen molar-refractivity contribution in [1.82, 2.24) is 9.88 Å². The number of thiazole rings is 1. The number of hydrogen-bond donors (Lipinski definition) is 2. The Morgan fingerprint density at radius 3 is 2.59 bits per heavy atom. The van der Waals surface area contributed by atoms with E-state index in [1.54, 1.807) is 17.4 Å². The number of ether oxygens (including phenoxy) is 1. The summed E-state index contributed by atoms with van der Waals surface area (Å²) < 4.78 is 5.41. The van der Waals surface area contributed by atoms with Crippen molar-refractivity contribution in [2.45, 2.75) is 13.5 Å². The van der Waals surface area contributed by atoms with Crippen LogP contribution in [0, 0.1) is 6.92 Å². The highest BCUT2D eigenvalue weighted by Gasteiger charge is 2.16. The molecule has 0 saturated carbocycles. The molecule has 0 unspecified atom stereocenters. The van der Waals surface area contributed by atoms with Crippen molar-refractivity contribution in [2.24, 2.45) is 0 Å². The second-order valence-corrected chi connectivity index (χ2v) is 8.11. The van der Waals surface area contributed by atoms with Crippen molar-refractivity contribution >= 4 is 17.3 Å². The predicted octanol–water partition coefficient (Wildman–Crippen LogP) is 4.02. The molecule has 0 atom stereocenters. The average Bonchev–Trinajstić information content (AvgIpc) is 3.08. The zero-order valence-electron chi connectivity index (χ0n) is 16.1. The molecule has 2 heterocycles. The lowest BCUT2D eigenvalue weighted by Crippen LogP contribution is -2.35. The minimum Gasteiger partial charge on any atom is -0.507 e. The summed E-state index contributed by atoms with van der Waals surface area (Å²) in [6, 6.07) is 12.6. The Kier molecular flexibility index (Phi) is 5.62. The van der Waals surface area contributed by atoms with Crippen molar-refractivity contribution < 1.29 is 19.7 Å². The van der Waals surface area contributed by atoms with Crippen LogP contribution in [-0.2, 0) is 11.3 Å². The number of carbonyl (C=O) groups is 1. The third-order valence-electron chi connectivity index (χ3n) is 4.99. The topological polar surface area (TPSA) is 82.9 Å². The Morgan fingerprint density at radius 2 is 1.86 bits per heavy atom. The number of rotatable bonds is 5. The van der Waals surface area contributed by atoms with Crippen molar-refractivity contribution in [2.75, 3.05) is 26.3 Å². The molecule has 1 aromatic heterocycles. The van der Waals surface area contributed by atoms with Gasteiger partial charge in [-0.2, -0.15) is 0 Å². The Bertz CT molecular complexity index is 1040. The summed E-state index contributed by atoms with van der Waals surface area (Å²) in [5.41, 5.74) is 3.64. The van der Waals surface area contributed by atoms with E-state index in [9.17, 15) is 9.90 Å². The lowest BCUT2D eigenvalue weighted by molar-refractivity contribution is 0.0341. The smallest absolute Gasteiger partial charge is 0.339 e. The van der Waals surface area contributed by atoms with E-state index in [1.807, 2.05) is 31.2 Å². The van der Waals surface area contributed by atoms with Gasteiger partial charge in [-0.05, 0) is 41.8 Å². The molecule has 0 aliphatic carbocycles.